The normalized spacial score (nSPS) is 25.5. The van der Waals surface area contributed by atoms with Crippen molar-refractivity contribution in [3.05, 3.63) is 36.3 Å². The molecule has 2 nitrogen and oxygen atoms in total. The van der Waals surface area contributed by atoms with Crippen molar-refractivity contribution in [2.45, 2.75) is 12.3 Å². The van der Waals surface area contributed by atoms with Crippen LogP contribution >= 0.6 is 11.6 Å². The number of hydrogen-bond donors (Lipinski definition) is 0. The van der Waals surface area contributed by atoms with Gasteiger partial charge in [-0.2, -0.15) is 0 Å². The van der Waals surface area contributed by atoms with Crippen LogP contribution in [-0.2, 0) is 0 Å². The maximum Gasteiger partial charge on any atom is 0.136 e. The van der Waals surface area contributed by atoms with Crippen LogP contribution in [0, 0.1) is 5.92 Å². The molecule has 3 heteroatoms. The van der Waals surface area contributed by atoms with Crippen LogP contribution in [-0.4, -0.2) is 15.3 Å². The first-order chi connectivity index (χ1) is 6.88. The van der Waals surface area contributed by atoms with Gasteiger partial charge in [-0.15, -0.1) is 11.6 Å². The molecule has 2 heterocycles. The summed E-state index contributed by atoms with van der Waals surface area (Å²) in [5.74, 6) is 2.02. The molecule has 0 aliphatic heterocycles. The second kappa shape index (κ2) is 2.99. The zero-order valence-corrected chi connectivity index (χ0v) is 8.48. The van der Waals surface area contributed by atoms with Crippen molar-refractivity contribution in [3.63, 3.8) is 0 Å². The minimum Gasteiger partial charge on any atom is -0.307 e. The van der Waals surface area contributed by atoms with E-state index < -0.39 is 0 Å². The lowest BCUT2D eigenvalue weighted by molar-refractivity contribution is 0.902. The molecule has 1 saturated carbocycles. The average molecular weight is 207 g/mol. The number of rotatable bonds is 2. The minimum atomic E-state index is 0.604. The van der Waals surface area contributed by atoms with Crippen molar-refractivity contribution in [2.24, 2.45) is 5.92 Å². The maximum atomic E-state index is 5.81. The molecule has 0 bridgehead atoms. The van der Waals surface area contributed by atoms with E-state index in [1.165, 1.54) is 12.1 Å². The Kier molecular flexibility index (Phi) is 1.77. The molecular formula is C11H11ClN2. The van der Waals surface area contributed by atoms with Gasteiger partial charge < -0.3 is 4.40 Å². The van der Waals surface area contributed by atoms with E-state index >= 15 is 0 Å². The lowest BCUT2D eigenvalue weighted by Gasteiger charge is -1.88. The van der Waals surface area contributed by atoms with E-state index in [2.05, 4.69) is 15.6 Å². The smallest absolute Gasteiger partial charge is 0.136 e. The summed E-state index contributed by atoms with van der Waals surface area (Å²) < 4.78 is 2.07. The molecule has 1 aliphatic carbocycles. The van der Waals surface area contributed by atoms with Gasteiger partial charge in [-0.05, 0) is 24.5 Å². The topological polar surface area (TPSA) is 17.3 Å². The van der Waals surface area contributed by atoms with Crippen molar-refractivity contribution in [1.29, 1.82) is 0 Å². The van der Waals surface area contributed by atoms with Gasteiger partial charge in [0.2, 0.25) is 0 Å². The quantitative estimate of drug-likeness (QED) is 0.691. The average Bonchev–Trinajstić information content (AvgIpc) is 2.89. The van der Waals surface area contributed by atoms with Crippen molar-refractivity contribution >= 4 is 17.2 Å². The molecule has 2 atom stereocenters. The molecule has 0 radical (unpaired) electrons. The molecular weight excluding hydrogens is 196 g/mol. The number of halogens is 1. The summed E-state index contributed by atoms with van der Waals surface area (Å²) in [5, 5.41) is 0. The zero-order valence-electron chi connectivity index (χ0n) is 7.73. The Morgan fingerprint density at radius 1 is 1.50 bits per heavy atom. The highest BCUT2D eigenvalue weighted by molar-refractivity contribution is 6.18. The first kappa shape index (κ1) is 8.30. The second-order valence-electron chi connectivity index (χ2n) is 3.89. The molecule has 0 saturated heterocycles. The summed E-state index contributed by atoms with van der Waals surface area (Å²) in [4.78, 5) is 4.58. The van der Waals surface area contributed by atoms with Crippen molar-refractivity contribution < 1.29 is 0 Å². The van der Waals surface area contributed by atoms with Gasteiger partial charge in [-0.1, -0.05) is 6.07 Å². The highest BCUT2D eigenvalue weighted by Crippen LogP contribution is 2.47. The molecule has 3 rings (SSSR count). The fourth-order valence-corrected chi connectivity index (χ4v) is 2.25. The van der Waals surface area contributed by atoms with Crippen molar-refractivity contribution in [2.75, 3.05) is 5.88 Å². The molecule has 0 N–H and O–H groups in total. The third kappa shape index (κ3) is 1.22. The molecule has 0 amide bonds. The van der Waals surface area contributed by atoms with E-state index in [0.717, 1.165) is 11.5 Å². The summed E-state index contributed by atoms with van der Waals surface area (Å²) >= 11 is 5.81. The standard InChI is InChI=1S/C11H11ClN2/c12-6-8-5-9(8)10-7-14-4-2-1-3-11(14)13-10/h1-4,7-9H,5-6H2. The Bertz CT molecular complexity index is 430. The lowest BCUT2D eigenvalue weighted by Crippen LogP contribution is -1.83. The van der Waals surface area contributed by atoms with Gasteiger partial charge >= 0.3 is 0 Å². The van der Waals surface area contributed by atoms with Gasteiger partial charge in [0, 0.05) is 24.2 Å². The monoisotopic (exact) mass is 206 g/mol. The number of alkyl halides is 1. The SMILES string of the molecule is ClCC1CC1c1cn2ccccc2n1. The molecule has 1 aliphatic rings. The summed E-state index contributed by atoms with van der Waals surface area (Å²) in [5.41, 5.74) is 2.23. The number of nitrogens with zero attached hydrogens (tertiary/aromatic N) is 2. The Morgan fingerprint density at radius 3 is 3.14 bits per heavy atom. The van der Waals surface area contributed by atoms with Crippen LogP contribution in [0.4, 0.5) is 0 Å². The summed E-state index contributed by atoms with van der Waals surface area (Å²) in [7, 11) is 0. The third-order valence-corrected chi connectivity index (χ3v) is 3.28. The first-order valence-electron chi connectivity index (χ1n) is 4.88. The summed E-state index contributed by atoms with van der Waals surface area (Å²) in [6.07, 6.45) is 5.35. The fraction of sp³-hybridized carbons (Fsp3) is 0.364. The maximum absolute atomic E-state index is 5.81. The van der Waals surface area contributed by atoms with Crippen LogP contribution in [0.3, 0.4) is 0 Å². The van der Waals surface area contributed by atoms with Gasteiger partial charge in [-0.3, -0.25) is 0 Å². The van der Waals surface area contributed by atoms with Crippen LogP contribution in [0.5, 0.6) is 0 Å². The Morgan fingerprint density at radius 2 is 2.43 bits per heavy atom. The van der Waals surface area contributed by atoms with E-state index in [4.69, 9.17) is 11.6 Å². The number of fused-ring (bicyclic) bond motifs is 1. The molecule has 2 unspecified atom stereocenters. The predicted octanol–water partition coefficient (Wildman–Crippen LogP) is 2.68. The van der Waals surface area contributed by atoms with Crippen LogP contribution in [0.1, 0.15) is 18.0 Å². The van der Waals surface area contributed by atoms with Gasteiger partial charge in [0.1, 0.15) is 5.65 Å². The van der Waals surface area contributed by atoms with Gasteiger partial charge in [-0.25, -0.2) is 4.98 Å². The molecule has 2 aromatic heterocycles. The highest BCUT2D eigenvalue weighted by Gasteiger charge is 2.39. The minimum absolute atomic E-state index is 0.604. The van der Waals surface area contributed by atoms with Crippen molar-refractivity contribution in [3.8, 4) is 0 Å². The lowest BCUT2D eigenvalue weighted by atomic mass is 10.3. The molecule has 14 heavy (non-hydrogen) atoms. The third-order valence-electron chi connectivity index (χ3n) is 2.88. The molecule has 0 spiro atoms. The number of hydrogen-bond acceptors (Lipinski definition) is 1. The van der Waals surface area contributed by atoms with E-state index in [1.807, 2.05) is 24.4 Å². The van der Waals surface area contributed by atoms with Gasteiger partial charge in [0.25, 0.3) is 0 Å². The van der Waals surface area contributed by atoms with Gasteiger partial charge in [0.15, 0.2) is 0 Å². The molecule has 72 valence electrons. The predicted molar refractivity (Wildman–Crippen MR) is 56.8 cm³/mol. The molecule has 2 aromatic rings. The van der Waals surface area contributed by atoms with Crippen LogP contribution in [0.25, 0.3) is 5.65 Å². The van der Waals surface area contributed by atoms with Crippen LogP contribution in [0.2, 0.25) is 0 Å². The van der Waals surface area contributed by atoms with Crippen LogP contribution < -0.4 is 0 Å². The van der Waals surface area contributed by atoms with E-state index in [-0.39, 0.29) is 0 Å². The highest BCUT2D eigenvalue weighted by atomic mass is 35.5. The van der Waals surface area contributed by atoms with Crippen LogP contribution in [0.15, 0.2) is 30.6 Å². The van der Waals surface area contributed by atoms with Crippen molar-refractivity contribution in [1.82, 2.24) is 9.38 Å². The Balaban J connectivity index is 1.99. The van der Waals surface area contributed by atoms with E-state index in [0.29, 0.717) is 11.8 Å². The Labute approximate surface area is 87.5 Å². The first-order valence-corrected chi connectivity index (χ1v) is 5.41. The number of imidazole rings is 1. The molecule has 0 aromatic carbocycles. The molecule has 1 fully saturated rings. The van der Waals surface area contributed by atoms with E-state index in [1.54, 1.807) is 0 Å². The largest absolute Gasteiger partial charge is 0.307 e. The summed E-state index contributed by atoms with van der Waals surface area (Å²) in [6, 6.07) is 6.06. The zero-order chi connectivity index (χ0) is 9.54. The fourth-order valence-electron chi connectivity index (χ4n) is 1.91. The Hall–Kier alpha value is -1.02. The number of pyridine rings is 1. The second-order valence-corrected chi connectivity index (χ2v) is 4.20. The summed E-state index contributed by atoms with van der Waals surface area (Å²) in [6.45, 7) is 0. The van der Waals surface area contributed by atoms with E-state index in [9.17, 15) is 0 Å². The number of aromatic nitrogens is 2. The van der Waals surface area contributed by atoms with Gasteiger partial charge in [0.05, 0.1) is 5.69 Å².